The van der Waals surface area contributed by atoms with Gasteiger partial charge in [0.1, 0.15) is 11.7 Å². The summed E-state index contributed by atoms with van der Waals surface area (Å²) in [6, 6.07) is 8.64. The van der Waals surface area contributed by atoms with Crippen molar-refractivity contribution in [1.29, 1.82) is 0 Å². The highest BCUT2D eigenvalue weighted by molar-refractivity contribution is 6.08. The fourth-order valence-corrected chi connectivity index (χ4v) is 4.53. The summed E-state index contributed by atoms with van der Waals surface area (Å²) in [5.41, 5.74) is 2.14. The Labute approximate surface area is 131 Å². The van der Waals surface area contributed by atoms with Gasteiger partial charge in [-0.2, -0.15) is 0 Å². The summed E-state index contributed by atoms with van der Waals surface area (Å²) in [6.45, 7) is 0.934. The van der Waals surface area contributed by atoms with Crippen LogP contribution in [0.3, 0.4) is 0 Å². The first-order valence-corrected chi connectivity index (χ1v) is 8.67. The number of hydrogen-bond acceptors (Lipinski definition) is 2. The molecule has 2 N–H and O–H groups in total. The van der Waals surface area contributed by atoms with Crippen molar-refractivity contribution in [2.45, 2.75) is 57.1 Å². The van der Waals surface area contributed by atoms with Crippen molar-refractivity contribution in [3.63, 3.8) is 0 Å². The van der Waals surface area contributed by atoms with Gasteiger partial charge < -0.3 is 5.11 Å². The maximum Gasteiger partial charge on any atom is 0.426 e. The summed E-state index contributed by atoms with van der Waals surface area (Å²) < 4.78 is 0.480. The molecule has 1 aromatic rings. The number of para-hydroxylation sites is 2. The normalized spacial score (nSPS) is 34.9. The predicted octanol–water partition coefficient (Wildman–Crippen LogP) is 3.64. The van der Waals surface area contributed by atoms with Crippen LogP contribution in [0, 0.1) is 5.92 Å². The molecular weight excluding hydrogens is 276 g/mol. The molecule has 1 aliphatic heterocycles. The number of quaternary nitrogens is 1. The van der Waals surface area contributed by atoms with Gasteiger partial charge in [0.25, 0.3) is 0 Å². The summed E-state index contributed by atoms with van der Waals surface area (Å²) in [5, 5.41) is 13.0. The molecule has 118 valence electrons. The van der Waals surface area contributed by atoms with Crippen LogP contribution in [0.1, 0.15) is 44.9 Å². The van der Waals surface area contributed by atoms with E-state index in [4.69, 9.17) is 0 Å². The number of carbonyl (C=O) groups is 1. The number of rotatable bonds is 3. The van der Waals surface area contributed by atoms with Gasteiger partial charge in [-0.05, 0) is 31.7 Å². The second-order valence-electron chi connectivity index (χ2n) is 7.26. The van der Waals surface area contributed by atoms with E-state index in [9.17, 15) is 9.90 Å². The van der Waals surface area contributed by atoms with E-state index in [0.29, 0.717) is 16.4 Å². The van der Waals surface area contributed by atoms with Crippen molar-refractivity contribution in [2.24, 2.45) is 5.92 Å². The number of aliphatic hydroxyl groups excluding tert-OH is 1. The second kappa shape index (κ2) is 5.36. The Morgan fingerprint density at radius 2 is 1.82 bits per heavy atom. The van der Waals surface area contributed by atoms with Crippen LogP contribution in [0.4, 0.5) is 16.2 Å². The third-order valence-corrected chi connectivity index (χ3v) is 6.00. The maximum absolute atomic E-state index is 13.0. The van der Waals surface area contributed by atoms with E-state index in [1.807, 2.05) is 18.2 Å². The fraction of sp³-hybridized carbons (Fsp3) is 0.611. The van der Waals surface area contributed by atoms with Crippen LogP contribution in [-0.2, 0) is 0 Å². The number of urea groups is 1. The number of fused-ring (bicyclic) bond motifs is 1. The lowest BCUT2D eigenvalue weighted by molar-refractivity contribution is 0.0793. The van der Waals surface area contributed by atoms with Gasteiger partial charge in [0, 0.05) is 24.8 Å². The van der Waals surface area contributed by atoms with Crippen molar-refractivity contribution in [3.05, 3.63) is 24.3 Å². The third kappa shape index (κ3) is 2.09. The van der Waals surface area contributed by atoms with Crippen molar-refractivity contribution in [3.8, 4) is 0 Å². The highest BCUT2D eigenvalue weighted by Gasteiger charge is 2.54. The maximum atomic E-state index is 13.0. The number of nitrogens with one attached hydrogen (secondary N) is 1. The van der Waals surface area contributed by atoms with E-state index < -0.39 is 0 Å². The molecule has 2 aliphatic carbocycles. The molecule has 0 radical (unpaired) electrons. The first-order chi connectivity index (χ1) is 10.7. The summed E-state index contributed by atoms with van der Waals surface area (Å²) in [7, 11) is 0. The van der Waals surface area contributed by atoms with Gasteiger partial charge >= 0.3 is 6.03 Å². The lowest BCUT2D eigenvalue weighted by Crippen LogP contribution is -2.63. The van der Waals surface area contributed by atoms with Crippen LogP contribution in [0.5, 0.6) is 0 Å². The van der Waals surface area contributed by atoms with Crippen molar-refractivity contribution >= 4 is 17.4 Å². The molecule has 4 rings (SSSR count). The van der Waals surface area contributed by atoms with Gasteiger partial charge in [-0.25, -0.2) is 9.28 Å². The highest BCUT2D eigenvalue weighted by Crippen LogP contribution is 2.46. The molecule has 2 fully saturated rings. The zero-order valence-corrected chi connectivity index (χ0v) is 13.0. The molecule has 0 spiro atoms. The first kappa shape index (κ1) is 14.2. The van der Waals surface area contributed by atoms with E-state index in [1.165, 1.54) is 19.3 Å². The molecule has 4 heteroatoms. The lowest BCUT2D eigenvalue weighted by atomic mass is 9.82. The molecule has 1 aromatic carbocycles. The molecule has 22 heavy (non-hydrogen) atoms. The molecular formula is C18H25N2O2+. The largest absolute Gasteiger partial charge is 0.426 e. The Morgan fingerprint density at radius 1 is 1.09 bits per heavy atom. The summed E-state index contributed by atoms with van der Waals surface area (Å²) in [4.78, 5) is 13.0. The fourth-order valence-electron chi connectivity index (χ4n) is 4.53. The second-order valence-corrected chi connectivity index (χ2v) is 7.26. The molecule has 0 bridgehead atoms. The van der Waals surface area contributed by atoms with Crippen LogP contribution < -0.4 is 9.80 Å². The molecule has 1 heterocycles. The average molecular weight is 301 g/mol. The summed E-state index contributed by atoms with van der Waals surface area (Å²) in [6.07, 6.45) is 7.16. The van der Waals surface area contributed by atoms with Crippen LogP contribution in [0.15, 0.2) is 24.3 Å². The highest BCUT2D eigenvalue weighted by atomic mass is 16.3. The quantitative estimate of drug-likeness (QED) is 0.837. The number of benzene rings is 1. The summed E-state index contributed by atoms with van der Waals surface area (Å²) >= 11 is 0. The van der Waals surface area contributed by atoms with Crippen LogP contribution in [-0.4, -0.2) is 29.8 Å². The van der Waals surface area contributed by atoms with E-state index in [0.717, 1.165) is 43.6 Å². The van der Waals surface area contributed by atoms with E-state index in [1.54, 1.807) is 0 Å². The smallest absolute Gasteiger partial charge is 0.393 e. The number of aliphatic hydroxyl groups is 1. The van der Waals surface area contributed by atoms with Crippen LogP contribution in [0.25, 0.3) is 0 Å². The van der Waals surface area contributed by atoms with Gasteiger partial charge in [0.2, 0.25) is 0 Å². The monoisotopic (exact) mass is 301 g/mol. The van der Waals surface area contributed by atoms with E-state index >= 15 is 0 Å². The van der Waals surface area contributed by atoms with Crippen molar-refractivity contribution < 1.29 is 9.90 Å². The zero-order valence-electron chi connectivity index (χ0n) is 13.0. The van der Waals surface area contributed by atoms with Crippen LogP contribution in [0.2, 0.25) is 0 Å². The van der Waals surface area contributed by atoms with Crippen molar-refractivity contribution in [1.82, 2.24) is 4.48 Å². The predicted molar refractivity (Wildman–Crippen MR) is 87.7 cm³/mol. The first-order valence-electron chi connectivity index (χ1n) is 8.67. The third-order valence-electron chi connectivity index (χ3n) is 6.00. The molecule has 0 saturated heterocycles. The van der Waals surface area contributed by atoms with Gasteiger partial charge in [-0.3, -0.25) is 5.32 Å². The molecule has 2 saturated carbocycles. The SMILES string of the molecule is O=C1Nc2ccccc2[N+]1(CC1CCC1)C1CCC(O)CC1. The lowest BCUT2D eigenvalue weighted by Gasteiger charge is -2.44. The number of nitrogens with zero attached hydrogens (tertiary/aromatic N) is 1. The zero-order chi connectivity index (χ0) is 15.2. The Kier molecular flexibility index (Phi) is 3.46. The Morgan fingerprint density at radius 3 is 2.50 bits per heavy atom. The summed E-state index contributed by atoms with van der Waals surface area (Å²) in [5.74, 6) is 0.670. The van der Waals surface area contributed by atoms with Gasteiger partial charge in [0.15, 0.2) is 5.69 Å². The Hall–Kier alpha value is -1.39. The Bertz CT molecular complexity index is 576. The molecule has 1 unspecified atom stereocenters. The van der Waals surface area contributed by atoms with Gasteiger partial charge in [-0.15, -0.1) is 0 Å². The molecule has 1 atom stereocenters. The number of anilines is 1. The minimum Gasteiger partial charge on any atom is -0.393 e. The molecule has 0 aromatic heterocycles. The minimum absolute atomic E-state index is 0.148. The molecule has 2 amide bonds. The van der Waals surface area contributed by atoms with Crippen LogP contribution >= 0.6 is 0 Å². The standard InChI is InChI=1S/C18H24N2O2/c21-15-10-8-14(9-11-15)20(12-13-4-3-5-13)17-7-2-1-6-16(17)19-18(20)22/h1-2,6-7,13-15,21H,3-5,8-12H2/p+1. The number of amides is 2. The topological polar surface area (TPSA) is 49.3 Å². The van der Waals surface area contributed by atoms with Gasteiger partial charge in [0.05, 0.1) is 12.6 Å². The van der Waals surface area contributed by atoms with E-state index in [-0.39, 0.29) is 12.1 Å². The Balaban J connectivity index is 1.73. The molecule has 3 aliphatic rings. The van der Waals surface area contributed by atoms with Crippen molar-refractivity contribution in [2.75, 3.05) is 11.9 Å². The van der Waals surface area contributed by atoms with E-state index in [2.05, 4.69) is 11.4 Å². The number of hydrogen-bond donors (Lipinski definition) is 2. The minimum atomic E-state index is -0.180. The average Bonchev–Trinajstić information content (AvgIpc) is 2.77. The number of carbonyl (C=O) groups excluding carboxylic acids is 1. The molecule has 4 nitrogen and oxygen atoms in total. The van der Waals surface area contributed by atoms with Gasteiger partial charge in [-0.1, -0.05) is 18.6 Å².